The largest absolute Gasteiger partial charge is 0.490 e. The van der Waals surface area contributed by atoms with Gasteiger partial charge in [0.2, 0.25) is 0 Å². The second-order valence-corrected chi connectivity index (χ2v) is 11.1. The van der Waals surface area contributed by atoms with Gasteiger partial charge in [-0.3, -0.25) is 4.79 Å². The van der Waals surface area contributed by atoms with E-state index in [2.05, 4.69) is 68.9 Å². The van der Waals surface area contributed by atoms with E-state index in [0.717, 1.165) is 31.8 Å². The minimum absolute atomic E-state index is 0.320. The smallest absolute Gasteiger partial charge is 0.271 e. The van der Waals surface area contributed by atoms with Crippen molar-refractivity contribution < 1.29 is 14.3 Å². The molecule has 8 heteroatoms. The van der Waals surface area contributed by atoms with Crippen LogP contribution >= 0.6 is 34.2 Å². The average Bonchev–Trinajstić information content (AvgIpc) is 3.39. The number of hydrogen-bond donors (Lipinski definition) is 1. The highest BCUT2D eigenvalue weighted by Gasteiger charge is 2.14. The van der Waals surface area contributed by atoms with Gasteiger partial charge in [0.15, 0.2) is 11.5 Å². The molecule has 6 nitrogen and oxygen atoms in total. The molecule has 1 N–H and O–H groups in total. The molecule has 0 aliphatic heterocycles. The predicted octanol–water partition coefficient (Wildman–Crippen LogP) is 8.45. The Morgan fingerprint density at radius 3 is 2.40 bits per heavy atom. The van der Waals surface area contributed by atoms with E-state index < -0.39 is 0 Å². The Morgan fingerprint density at radius 1 is 0.952 bits per heavy atom. The van der Waals surface area contributed by atoms with Crippen LogP contribution in [-0.2, 0) is 6.61 Å². The van der Waals surface area contributed by atoms with Crippen LogP contribution in [0.1, 0.15) is 34.1 Å². The van der Waals surface area contributed by atoms with E-state index in [1.165, 1.54) is 6.21 Å². The molecule has 5 aromatic rings. The molecule has 4 aromatic carbocycles. The molecule has 212 valence electrons. The zero-order valence-corrected chi connectivity index (χ0v) is 26.1. The molecule has 0 spiro atoms. The van der Waals surface area contributed by atoms with Crippen LogP contribution in [0.3, 0.4) is 0 Å². The van der Waals surface area contributed by atoms with E-state index in [9.17, 15) is 4.79 Å². The standard InChI is InChI=1S/C34H29ClIN3O3/c1-3-41-32-20-25(19-30(35)33(32)42-22-24-10-14-28(36)15-11-24)21-37-38-34(40)27-12-16-29(17-13-27)39-23(2)9-18-31(39)26-7-5-4-6-8-26/h4-21H,3,22H2,1-2H3,(H,38,40)/b37-21+. The molecule has 1 amide bonds. The lowest BCUT2D eigenvalue weighted by molar-refractivity contribution is 0.0955. The minimum Gasteiger partial charge on any atom is -0.490 e. The van der Waals surface area contributed by atoms with Gasteiger partial charge in [-0.1, -0.05) is 54.1 Å². The number of halogens is 2. The summed E-state index contributed by atoms with van der Waals surface area (Å²) < 4.78 is 15.1. The van der Waals surface area contributed by atoms with Gasteiger partial charge in [-0.25, -0.2) is 5.43 Å². The Balaban J connectivity index is 1.26. The van der Waals surface area contributed by atoms with Crippen molar-refractivity contribution in [2.24, 2.45) is 5.10 Å². The monoisotopic (exact) mass is 689 g/mol. The van der Waals surface area contributed by atoms with Crippen molar-refractivity contribution in [1.29, 1.82) is 0 Å². The van der Waals surface area contributed by atoms with Gasteiger partial charge < -0.3 is 14.0 Å². The summed E-state index contributed by atoms with van der Waals surface area (Å²) in [6, 6.07) is 33.4. The number of amides is 1. The average molecular weight is 690 g/mol. The number of ether oxygens (including phenoxy) is 2. The van der Waals surface area contributed by atoms with Crippen LogP contribution in [0, 0.1) is 10.5 Å². The maximum atomic E-state index is 12.8. The van der Waals surface area contributed by atoms with Crippen molar-refractivity contribution in [3.8, 4) is 28.4 Å². The first-order valence-corrected chi connectivity index (χ1v) is 14.9. The molecule has 5 rings (SSSR count). The zero-order valence-electron chi connectivity index (χ0n) is 23.2. The van der Waals surface area contributed by atoms with Gasteiger partial charge in [-0.05, 0) is 114 Å². The summed E-state index contributed by atoms with van der Waals surface area (Å²) in [5, 5.41) is 4.54. The minimum atomic E-state index is -0.320. The summed E-state index contributed by atoms with van der Waals surface area (Å²) in [7, 11) is 0. The number of hydrogen-bond acceptors (Lipinski definition) is 4. The number of nitrogens with one attached hydrogen (secondary N) is 1. The Labute approximate surface area is 264 Å². The zero-order chi connectivity index (χ0) is 29.5. The molecule has 0 unspecified atom stereocenters. The maximum absolute atomic E-state index is 12.8. The first-order chi connectivity index (χ1) is 20.4. The number of nitrogens with zero attached hydrogens (tertiary/aromatic N) is 2. The van der Waals surface area contributed by atoms with Crippen molar-refractivity contribution in [2.45, 2.75) is 20.5 Å². The third kappa shape index (κ3) is 7.03. The fourth-order valence-electron chi connectivity index (χ4n) is 4.51. The quantitative estimate of drug-likeness (QED) is 0.0910. The van der Waals surface area contributed by atoms with Gasteiger partial charge in [0.05, 0.1) is 23.5 Å². The molecular weight excluding hydrogens is 661 g/mol. The van der Waals surface area contributed by atoms with Crippen LogP contribution in [0.4, 0.5) is 0 Å². The molecule has 0 aliphatic rings. The molecule has 0 radical (unpaired) electrons. The number of benzene rings is 4. The molecule has 0 saturated heterocycles. The number of carbonyl (C=O) groups is 1. The highest BCUT2D eigenvalue weighted by Crippen LogP contribution is 2.37. The van der Waals surface area contributed by atoms with E-state index in [0.29, 0.717) is 40.9 Å². The third-order valence-corrected chi connectivity index (χ3v) is 7.54. The van der Waals surface area contributed by atoms with Gasteiger partial charge in [-0.2, -0.15) is 5.10 Å². The number of carbonyl (C=O) groups excluding carboxylic acids is 1. The predicted molar refractivity (Wildman–Crippen MR) is 177 cm³/mol. The van der Waals surface area contributed by atoms with E-state index in [1.807, 2.05) is 61.5 Å². The van der Waals surface area contributed by atoms with Crippen molar-refractivity contribution in [3.63, 3.8) is 0 Å². The number of aromatic nitrogens is 1. The fraction of sp³-hybridized carbons (Fsp3) is 0.118. The second kappa shape index (κ2) is 13.7. The van der Waals surface area contributed by atoms with Crippen LogP contribution in [-0.4, -0.2) is 23.3 Å². The van der Waals surface area contributed by atoms with Crippen molar-refractivity contribution in [2.75, 3.05) is 6.61 Å². The Morgan fingerprint density at radius 2 is 1.69 bits per heavy atom. The van der Waals surface area contributed by atoms with Crippen LogP contribution in [0.5, 0.6) is 11.5 Å². The fourth-order valence-corrected chi connectivity index (χ4v) is 5.14. The van der Waals surface area contributed by atoms with Crippen LogP contribution in [0.15, 0.2) is 108 Å². The number of aryl methyl sites for hydroxylation is 1. The molecular formula is C34H29ClIN3O3. The van der Waals surface area contributed by atoms with Gasteiger partial charge in [-0.15, -0.1) is 0 Å². The maximum Gasteiger partial charge on any atom is 0.271 e. The highest BCUT2D eigenvalue weighted by molar-refractivity contribution is 14.1. The third-order valence-electron chi connectivity index (χ3n) is 6.54. The Hall–Kier alpha value is -4.08. The van der Waals surface area contributed by atoms with Gasteiger partial charge in [0.1, 0.15) is 6.61 Å². The summed E-state index contributed by atoms with van der Waals surface area (Å²) in [4.78, 5) is 12.8. The second-order valence-electron chi connectivity index (χ2n) is 9.49. The Bertz CT molecular complexity index is 1700. The van der Waals surface area contributed by atoms with E-state index in [4.69, 9.17) is 21.1 Å². The van der Waals surface area contributed by atoms with Crippen LogP contribution < -0.4 is 14.9 Å². The molecule has 0 bridgehead atoms. The molecule has 1 aromatic heterocycles. The lowest BCUT2D eigenvalue weighted by atomic mass is 10.1. The number of rotatable bonds is 10. The molecule has 0 aliphatic carbocycles. The van der Waals surface area contributed by atoms with Crippen molar-refractivity contribution in [3.05, 3.63) is 134 Å². The molecule has 0 atom stereocenters. The lowest BCUT2D eigenvalue weighted by Crippen LogP contribution is -2.17. The summed E-state index contributed by atoms with van der Waals surface area (Å²) >= 11 is 8.83. The topological polar surface area (TPSA) is 64.8 Å². The summed E-state index contributed by atoms with van der Waals surface area (Å²) in [6.45, 7) is 4.76. The van der Waals surface area contributed by atoms with Gasteiger partial charge in [0, 0.05) is 20.5 Å². The van der Waals surface area contributed by atoms with Crippen LogP contribution in [0.2, 0.25) is 5.02 Å². The summed E-state index contributed by atoms with van der Waals surface area (Å²) in [5.74, 6) is 0.652. The molecule has 0 fully saturated rings. The lowest BCUT2D eigenvalue weighted by Gasteiger charge is -2.14. The molecule has 42 heavy (non-hydrogen) atoms. The van der Waals surface area contributed by atoms with Crippen molar-refractivity contribution in [1.82, 2.24) is 9.99 Å². The van der Waals surface area contributed by atoms with Crippen LogP contribution in [0.25, 0.3) is 16.9 Å². The summed E-state index contributed by atoms with van der Waals surface area (Å²) in [5.41, 5.74) is 9.07. The van der Waals surface area contributed by atoms with Gasteiger partial charge >= 0.3 is 0 Å². The summed E-state index contributed by atoms with van der Waals surface area (Å²) in [6.07, 6.45) is 1.53. The first-order valence-electron chi connectivity index (χ1n) is 13.4. The van der Waals surface area contributed by atoms with Gasteiger partial charge in [0.25, 0.3) is 5.91 Å². The normalized spacial score (nSPS) is 11.0. The molecule has 1 heterocycles. The van der Waals surface area contributed by atoms with E-state index >= 15 is 0 Å². The SMILES string of the molecule is CCOc1cc(/C=N/NC(=O)c2ccc(-n3c(C)ccc3-c3ccccc3)cc2)cc(Cl)c1OCc1ccc(I)cc1. The first kappa shape index (κ1) is 29.4. The van der Waals surface area contributed by atoms with Crippen molar-refractivity contribution >= 4 is 46.3 Å². The molecule has 0 saturated carbocycles. The van der Waals surface area contributed by atoms with E-state index in [-0.39, 0.29) is 5.91 Å². The Kier molecular flexibility index (Phi) is 9.61. The highest BCUT2D eigenvalue weighted by atomic mass is 127. The van der Waals surface area contributed by atoms with E-state index in [1.54, 1.807) is 24.3 Å². The number of hydrazone groups is 1.